The largest absolute Gasteiger partial charge is 0.317 e. The average molecular weight is 365 g/mol. The maximum atomic E-state index is 11.3. The van der Waals surface area contributed by atoms with E-state index in [9.17, 15) is 13.2 Å². The summed E-state index contributed by atoms with van der Waals surface area (Å²) in [6, 6.07) is 3.45. The van der Waals surface area contributed by atoms with Gasteiger partial charge in [-0.1, -0.05) is 0 Å². The van der Waals surface area contributed by atoms with Crippen molar-refractivity contribution in [3.8, 4) is 0 Å². The minimum atomic E-state index is -3.67. The van der Waals surface area contributed by atoms with E-state index in [0.717, 1.165) is 10.7 Å². The summed E-state index contributed by atoms with van der Waals surface area (Å²) in [6.07, 6.45) is 2.04. The zero-order valence-electron chi connectivity index (χ0n) is 10.8. The van der Waals surface area contributed by atoms with Crippen molar-refractivity contribution in [2.75, 3.05) is 17.7 Å². The van der Waals surface area contributed by atoms with Crippen molar-refractivity contribution in [1.82, 2.24) is 4.98 Å². The molecule has 0 saturated carbocycles. The van der Waals surface area contributed by atoms with E-state index in [0.29, 0.717) is 12.1 Å². The molecule has 1 fully saturated rings. The van der Waals surface area contributed by atoms with Crippen LogP contribution in [0.1, 0.15) is 6.92 Å². The van der Waals surface area contributed by atoms with E-state index in [-0.39, 0.29) is 6.54 Å². The van der Waals surface area contributed by atoms with Crippen molar-refractivity contribution >= 4 is 38.2 Å². The molecule has 7 nitrogen and oxygen atoms in total. The number of aromatic nitrogens is 1. The molecule has 1 aliphatic heterocycles. The Bertz CT molecular complexity index is 606. The van der Waals surface area contributed by atoms with Crippen LogP contribution >= 0.6 is 15.9 Å². The fourth-order valence-corrected chi connectivity index (χ4v) is 2.61. The first-order chi connectivity index (χ1) is 9.23. The van der Waals surface area contributed by atoms with Crippen LogP contribution in [0.2, 0.25) is 0 Å². The highest BCUT2D eigenvalue weighted by Gasteiger charge is 2.45. The van der Waals surface area contributed by atoms with E-state index < -0.39 is 22.1 Å². The second kappa shape index (κ2) is 5.40. The summed E-state index contributed by atoms with van der Waals surface area (Å²) in [7, 11) is -3.67. The van der Waals surface area contributed by atoms with Gasteiger partial charge in [0.2, 0.25) is 0 Å². The topological polar surface area (TPSA) is 85.8 Å². The summed E-state index contributed by atoms with van der Waals surface area (Å²) in [6.45, 7) is 1.60. The molecule has 0 radical (unpaired) electrons. The predicted molar refractivity (Wildman–Crippen MR) is 74.6 cm³/mol. The number of pyridine rings is 1. The van der Waals surface area contributed by atoms with Gasteiger partial charge in [0.25, 0.3) is 10.1 Å². The van der Waals surface area contributed by atoms with Gasteiger partial charge in [-0.2, -0.15) is 8.42 Å². The number of halogens is 1. The smallest absolute Gasteiger partial charge is 0.266 e. The van der Waals surface area contributed by atoms with Crippen LogP contribution in [0.15, 0.2) is 22.8 Å². The van der Waals surface area contributed by atoms with Crippen LogP contribution in [0.5, 0.6) is 0 Å². The molecular formula is C11H13BrN2O5S. The molecule has 20 heavy (non-hydrogen) atoms. The van der Waals surface area contributed by atoms with Crippen molar-refractivity contribution in [2.45, 2.75) is 18.9 Å². The first-order valence-electron chi connectivity index (χ1n) is 5.65. The van der Waals surface area contributed by atoms with E-state index >= 15 is 0 Å². The molecule has 1 aromatic heterocycles. The van der Waals surface area contributed by atoms with Gasteiger partial charge >= 0.3 is 0 Å². The SMILES string of the molecule is CC1(C=O)O[C@H](OS(C)(=O)=O)CN1c1ccc(Br)cn1. The lowest BCUT2D eigenvalue weighted by Crippen LogP contribution is -2.44. The van der Waals surface area contributed by atoms with Gasteiger partial charge in [0.1, 0.15) is 5.82 Å². The lowest BCUT2D eigenvalue weighted by Gasteiger charge is -2.28. The van der Waals surface area contributed by atoms with Gasteiger partial charge in [0.15, 0.2) is 18.3 Å². The van der Waals surface area contributed by atoms with E-state index in [4.69, 9.17) is 8.92 Å². The first kappa shape index (κ1) is 15.4. The summed E-state index contributed by atoms with van der Waals surface area (Å²) >= 11 is 3.27. The highest BCUT2D eigenvalue weighted by Crippen LogP contribution is 2.31. The standard InChI is InChI=1S/C11H13BrN2O5S/c1-11(7-15)14(9-4-3-8(12)5-13-9)6-10(18-11)19-20(2,16)17/h3-5,7,10H,6H2,1-2H3/t10-,11?/m1/s1. The molecule has 1 saturated heterocycles. The van der Waals surface area contributed by atoms with Crippen LogP contribution < -0.4 is 4.90 Å². The molecule has 0 amide bonds. The lowest BCUT2D eigenvalue weighted by molar-refractivity contribution is -0.141. The maximum Gasteiger partial charge on any atom is 0.266 e. The number of hydrogen-bond acceptors (Lipinski definition) is 7. The van der Waals surface area contributed by atoms with Gasteiger partial charge in [-0.25, -0.2) is 9.17 Å². The molecule has 1 aliphatic rings. The van der Waals surface area contributed by atoms with Crippen molar-refractivity contribution < 1.29 is 22.1 Å². The second-order valence-electron chi connectivity index (χ2n) is 4.47. The summed E-state index contributed by atoms with van der Waals surface area (Å²) in [5.74, 6) is 0.488. The Morgan fingerprint density at radius 3 is 2.80 bits per heavy atom. The van der Waals surface area contributed by atoms with Gasteiger partial charge in [0, 0.05) is 10.7 Å². The summed E-state index contributed by atoms with van der Waals surface area (Å²) < 4.78 is 33.2. The second-order valence-corrected chi connectivity index (χ2v) is 6.98. The molecule has 2 heterocycles. The third kappa shape index (κ3) is 3.35. The molecule has 0 bridgehead atoms. The van der Waals surface area contributed by atoms with Crippen molar-refractivity contribution in [3.05, 3.63) is 22.8 Å². The zero-order chi connectivity index (χ0) is 15.0. The fraction of sp³-hybridized carbons (Fsp3) is 0.455. The zero-order valence-corrected chi connectivity index (χ0v) is 13.2. The number of rotatable bonds is 4. The number of hydrogen-bond donors (Lipinski definition) is 0. The Balaban J connectivity index is 2.27. The first-order valence-corrected chi connectivity index (χ1v) is 8.26. The Labute approximate surface area is 125 Å². The van der Waals surface area contributed by atoms with Gasteiger partial charge in [-0.15, -0.1) is 0 Å². The third-order valence-electron chi connectivity index (χ3n) is 2.73. The molecule has 1 unspecified atom stereocenters. The number of aldehydes is 1. The van der Waals surface area contributed by atoms with Crippen LogP contribution in [-0.4, -0.2) is 44.5 Å². The van der Waals surface area contributed by atoms with Crippen LogP contribution in [0.25, 0.3) is 0 Å². The Hall–Kier alpha value is -1.03. The Morgan fingerprint density at radius 2 is 2.30 bits per heavy atom. The van der Waals surface area contributed by atoms with Crippen molar-refractivity contribution in [2.24, 2.45) is 0 Å². The van der Waals surface area contributed by atoms with E-state index in [2.05, 4.69) is 20.9 Å². The molecular weight excluding hydrogens is 352 g/mol. The number of carbonyl (C=O) groups is 1. The van der Waals surface area contributed by atoms with Gasteiger partial charge in [-0.05, 0) is 35.0 Å². The van der Waals surface area contributed by atoms with Gasteiger partial charge in [0.05, 0.1) is 12.8 Å². The monoisotopic (exact) mass is 364 g/mol. The van der Waals surface area contributed by atoms with Crippen LogP contribution in [0.4, 0.5) is 5.82 Å². The van der Waals surface area contributed by atoms with Gasteiger partial charge in [-0.3, -0.25) is 4.79 Å². The summed E-state index contributed by atoms with van der Waals surface area (Å²) in [5.41, 5.74) is -1.32. The molecule has 0 spiro atoms. The molecule has 0 aliphatic carbocycles. The quantitative estimate of drug-likeness (QED) is 0.579. The predicted octanol–water partition coefficient (Wildman–Crippen LogP) is 0.898. The Kier molecular flexibility index (Phi) is 4.14. The molecule has 110 valence electrons. The van der Waals surface area contributed by atoms with Crippen LogP contribution in [0.3, 0.4) is 0 Å². The maximum absolute atomic E-state index is 11.3. The number of nitrogens with zero attached hydrogens (tertiary/aromatic N) is 2. The molecule has 9 heteroatoms. The number of ether oxygens (including phenoxy) is 1. The molecule has 2 atom stereocenters. The van der Waals surface area contributed by atoms with Crippen LogP contribution in [0, 0.1) is 0 Å². The fourth-order valence-electron chi connectivity index (χ4n) is 1.88. The van der Waals surface area contributed by atoms with Crippen LogP contribution in [-0.2, 0) is 23.8 Å². The average Bonchev–Trinajstić information content (AvgIpc) is 2.66. The highest BCUT2D eigenvalue weighted by atomic mass is 79.9. The lowest BCUT2D eigenvalue weighted by atomic mass is 10.2. The highest BCUT2D eigenvalue weighted by molar-refractivity contribution is 9.10. The Morgan fingerprint density at radius 1 is 1.60 bits per heavy atom. The van der Waals surface area contributed by atoms with Crippen molar-refractivity contribution in [3.63, 3.8) is 0 Å². The van der Waals surface area contributed by atoms with E-state index in [1.807, 2.05) is 0 Å². The summed E-state index contributed by atoms with van der Waals surface area (Å²) in [4.78, 5) is 17.0. The molecule has 0 aromatic carbocycles. The van der Waals surface area contributed by atoms with Gasteiger partial charge < -0.3 is 9.64 Å². The minimum absolute atomic E-state index is 0.0803. The molecule has 0 N–H and O–H groups in total. The summed E-state index contributed by atoms with van der Waals surface area (Å²) in [5, 5.41) is 0. The normalized spacial score (nSPS) is 26.8. The number of anilines is 1. The minimum Gasteiger partial charge on any atom is -0.317 e. The van der Waals surface area contributed by atoms with Crippen molar-refractivity contribution in [1.29, 1.82) is 0 Å². The molecule has 2 rings (SSSR count). The molecule has 1 aromatic rings. The van der Waals surface area contributed by atoms with E-state index in [1.165, 1.54) is 6.92 Å². The number of carbonyl (C=O) groups excluding carboxylic acids is 1. The third-order valence-corrected chi connectivity index (χ3v) is 3.76. The van der Waals surface area contributed by atoms with E-state index in [1.54, 1.807) is 23.2 Å².